The van der Waals surface area contributed by atoms with Gasteiger partial charge in [-0.05, 0) is 56.5 Å². The van der Waals surface area contributed by atoms with Crippen LogP contribution in [0, 0.1) is 6.92 Å². The van der Waals surface area contributed by atoms with Gasteiger partial charge in [0.25, 0.3) is 0 Å². The third-order valence-corrected chi connectivity index (χ3v) is 3.81. The Labute approximate surface area is 133 Å². The van der Waals surface area contributed by atoms with Crippen molar-refractivity contribution in [2.24, 2.45) is 0 Å². The molecule has 0 fully saturated rings. The van der Waals surface area contributed by atoms with E-state index >= 15 is 0 Å². The topological polar surface area (TPSA) is 38.5 Å². The number of hydrogen-bond donors (Lipinski definition) is 1. The first-order valence-electron chi connectivity index (χ1n) is 7.89. The number of nitrogens with zero attached hydrogens (tertiary/aromatic N) is 1. The second-order valence-corrected chi connectivity index (χ2v) is 5.67. The van der Waals surface area contributed by atoms with Gasteiger partial charge in [-0.25, -0.2) is 0 Å². The van der Waals surface area contributed by atoms with E-state index in [2.05, 4.69) is 49.2 Å². The van der Waals surface area contributed by atoms with Crippen LogP contribution in [-0.2, 0) is 6.42 Å². The van der Waals surface area contributed by atoms with Gasteiger partial charge in [0.2, 0.25) is 0 Å². The van der Waals surface area contributed by atoms with Crippen LogP contribution >= 0.6 is 0 Å². The van der Waals surface area contributed by atoms with E-state index in [0.717, 1.165) is 30.8 Å². The van der Waals surface area contributed by atoms with Crippen molar-refractivity contribution in [1.82, 2.24) is 0 Å². The fourth-order valence-corrected chi connectivity index (χ4v) is 2.49. The first-order valence-corrected chi connectivity index (χ1v) is 7.89. The zero-order chi connectivity index (χ0) is 15.9. The highest BCUT2D eigenvalue weighted by atomic mass is 16.5. The Bertz CT molecular complexity index is 593. The van der Waals surface area contributed by atoms with Gasteiger partial charge in [-0.15, -0.1) is 0 Å². The number of nitrogens with two attached hydrogens (primary N) is 1. The molecule has 0 atom stereocenters. The highest BCUT2D eigenvalue weighted by molar-refractivity contribution is 5.54. The molecule has 0 saturated heterocycles. The zero-order valence-electron chi connectivity index (χ0n) is 13.8. The maximum Gasteiger partial charge on any atom is 0.142 e. The van der Waals surface area contributed by atoms with Gasteiger partial charge in [0, 0.05) is 19.3 Å². The Morgan fingerprint density at radius 2 is 1.82 bits per heavy atom. The first kappa shape index (κ1) is 16.2. The summed E-state index contributed by atoms with van der Waals surface area (Å²) in [5, 5.41) is 0. The Morgan fingerprint density at radius 1 is 1.09 bits per heavy atom. The van der Waals surface area contributed by atoms with Crippen LogP contribution in [0.25, 0.3) is 0 Å². The monoisotopic (exact) mass is 298 g/mol. The Morgan fingerprint density at radius 3 is 2.45 bits per heavy atom. The number of rotatable bonds is 7. The van der Waals surface area contributed by atoms with E-state index in [9.17, 15) is 0 Å². The van der Waals surface area contributed by atoms with Crippen LogP contribution < -0.4 is 15.4 Å². The number of nitrogen functional groups attached to an aromatic ring is 1. The van der Waals surface area contributed by atoms with Gasteiger partial charge in [-0.3, -0.25) is 0 Å². The molecular weight excluding hydrogens is 272 g/mol. The molecule has 3 heteroatoms. The second-order valence-electron chi connectivity index (χ2n) is 5.67. The molecule has 2 rings (SSSR count). The summed E-state index contributed by atoms with van der Waals surface area (Å²) in [6.45, 7) is 5.75. The maximum atomic E-state index is 6.01. The molecule has 0 spiro atoms. The smallest absolute Gasteiger partial charge is 0.142 e. The minimum Gasteiger partial charge on any atom is -0.492 e. The Hall–Kier alpha value is -2.16. The summed E-state index contributed by atoms with van der Waals surface area (Å²) < 4.78 is 5.47. The average molecular weight is 298 g/mol. The molecule has 0 radical (unpaired) electrons. The van der Waals surface area contributed by atoms with Crippen LogP contribution in [0.2, 0.25) is 0 Å². The standard InChI is InChI=1S/C19H26N2O/c1-4-22-19-12-9-16(14-18(19)20)6-5-13-21(3)17-10-7-15(2)8-11-17/h7-12,14H,4-6,13,20H2,1-3H3. The van der Waals surface area contributed by atoms with Crippen molar-refractivity contribution in [2.75, 3.05) is 30.8 Å². The minimum atomic E-state index is 0.644. The molecular formula is C19H26N2O. The largest absolute Gasteiger partial charge is 0.492 e. The van der Waals surface area contributed by atoms with Gasteiger partial charge in [-0.2, -0.15) is 0 Å². The Kier molecular flexibility index (Phi) is 5.70. The molecule has 0 amide bonds. The number of anilines is 2. The van der Waals surface area contributed by atoms with E-state index in [4.69, 9.17) is 10.5 Å². The van der Waals surface area contributed by atoms with E-state index in [-0.39, 0.29) is 0 Å². The molecule has 2 aromatic rings. The van der Waals surface area contributed by atoms with Gasteiger partial charge < -0.3 is 15.4 Å². The van der Waals surface area contributed by atoms with Crippen LogP contribution in [0.3, 0.4) is 0 Å². The van der Waals surface area contributed by atoms with Crippen molar-refractivity contribution in [3.63, 3.8) is 0 Å². The molecule has 0 unspecified atom stereocenters. The first-order chi connectivity index (χ1) is 10.6. The summed E-state index contributed by atoms with van der Waals surface area (Å²) in [5.74, 6) is 0.781. The molecule has 0 aliphatic rings. The fraction of sp³-hybridized carbons (Fsp3) is 0.368. The van der Waals surface area contributed by atoms with Gasteiger partial charge in [0.05, 0.1) is 12.3 Å². The SMILES string of the molecule is CCOc1ccc(CCCN(C)c2ccc(C)cc2)cc1N. The average Bonchev–Trinajstić information content (AvgIpc) is 2.50. The van der Waals surface area contributed by atoms with Gasteiger partial charge >= 0.3 is 0 Å². The molecule has 0 saturated carbocycles. The molecule has 2 N–H and O–H groups in total. The lowest BCUT2D eigenvalue weighted by Crippen LogP contribution is -2.18. The highest BCUT2D eigenvalue weighted by Gasteiger charge is 2.04. The minimum absolute atomic E-state index is 0.644. The van der Waals surface area contributed by atoms with Gasteiger partial charge in [-0.1, -0.05) is 23.8 Å². The Balaban J connectivity index is 1.85. The lowest BCUT2D eigenvalue weighted by Gasteiger charge is -2.19. The summed E-state index contributed by atoms with van der Waals surface area (Å²) in [6, 6.07) is 14.7. The molecule has 2 aromatic carbocycles. The van der Waals surface area contributed by atoms with E-state index in [1.165, 1.54) is 16.8 Å². The van der Waals surface area contributed by atoms with Crippen LogP contribution in [-0.4, -0.2) is 20.2 Å². The lowest BCUT2D eigenvalue weighted by atomic mass is 10.1. The van der Waals surface area contributed by atoms with Crippen LogP contribution in [0.15, 0.2) is 42.5 Å². The lowest BCUT2D eigenvalue weighted by molar-refractivity contribution is 0.342. The van der Waals surface area contributed by atoms with Crippen LogP contribution in [0.4, 0.5) is 11.4 Å². The van der Waals surface area contributed by atoms with Crippen molar-refractivity contribution < 1.29 is 4.74 Å². The molecule has 3 nitrogen and oxygen atoms in total. The predicted octanol–water partition coefficient (Wildman–Crippen LogP) is 4.04. The highest BCUT2D eigenvalue weighted by Crippen LogP contribution is 2.23. The molecule has 22 heavy (non-hydrogen) atoms. The van der Waals surface area contributed by atoms with Crippen molar-refractivity contribution in [3.8, 4) is 5.75 Å². The van der Waals surface area contributed by atoms with Gasteiger partial charge in [0.1, 0.15) is 5.75 Å². The third-order valence-electron chi connectivity index (χ3n) is 3.81. The van der Waals surface area contributed by atoms with Crippen molar-refractivity contribution in [1.29, 1.82) is 0 Å². The fourth-order valence-electron chi connectivity index (χ4n) is 2.49. The van der Waals surface area contributed by atoms with Crippen molar-refractivity contribution in [2.45, 2.75) is 26.7 Å². The molecule has 118 valence electrons. The van der Waals surface area contributed by atoms with Gasteiger partial charge in [0.15, 0.2) is 0 Å². The third kappa shape index (κ3) is 4.42. The molecule has 0 aromatic heterocycles. The second kappa shape index (κ2) is 7.74. The summed E-state index contributed by atoms with van der Waals surface area (Å²) in [4.78, 5) is 2.29. The van der Waals surface area contributed by atoms with Crippen molar-refractivity contribution in [3.05, 3.63) is 53.6 Å². The summed E-state index contributed by atoms with van der Waals surface area (Å²) in [5.41, 5.74) is 10.6. The van der Waals surface area contributed by atoms with Crippen LogP contribution in [0.5, 0.6) is 5.75 Å². The normalized spacial score (nSPS) is 10.5. The van der Waals surface area contributed by atoms with E-state index in [1.807, 2.05) is 19.1 Å². The maximum absolute atomic E-state index is 6.01. The summed E-state index contributed by atoms with van der Waals surface area (Å²) in [6.07, 6.45) is 2.12. The summed E-state index contributed by atoms with van der Waals surface area (Å²) >= 11 is 0. The van der Waals surface area contributed by atoms with E-state index < -0.39 is 0 Å². The van der Waals surface area contributed by atoms with Crippen LogP contribution in [0.1, 0.15) is 24.5 Å². The van der Waals surface area contributed by atoms with E-state index in [1.54, 1.807) is 0 Å². The zero-order valence-corrected chi connectivity index (χ0v) is 13.8. The quantitative estimate of drug-likeness (QED) is 0.784. The van der Waals surface area contributed by atoms with E-state index in [0.29, 0.717) is 6.61 Å². The molecule has 0 heterocycles. The molecule has 0 aliphatic heterocycles. The number of benzene rings is 2. The predicted molar refractivity (Wildman–Crippen MR) is 94.8 cm³/mol. The molecule has 0 bridgehead atoms. The number of aryl methyl sites for hydroxylation is 2. The van der Waals surface area contributed by atoms with Crippen molar-refractivity contribution >= 4 is 11.4 Å². The number of hydrogen-bond acceptors (Lipinski definition) is 3. The molecule has 0 aliphatic carbocycles. The number of ether oxygens (including phenoxy) is 1. The summed E-state index contributed by atoms with van der Waals surface area (Å²) in [7, 11) is 2.14.